The molecule has 0 bridgehead atoms. The van der Waals surface area contributed by atoms with Crippen LogP contribution in [-0.4, -0.2) is 27.9 Å². The Morgan fingerprint density at radius 1 is 1.15 bits per heavy atom. The van der Waals surface area contributed by atoms with E-state index < -0.39 is 0 Å². The maximum atomic E-state index is 14.3. The second-order valence-electron chi connectivity index (χ2n) is 9.01. The number of aryl methyl sites for hydroxylation is 1. The number of fused-ring (bicyclic) bond motifs is 4. The quantitative estimate of drug-likeness (QED) is 0.296. The Morgan fingerprint density at radius 3 is 2.70 bits per heavy atom. The van der Waals surface area contributed by atoms with Crippen LogP contribution < -0.4 is 5.56 Å². The van der Waals surface area contributed by atoms with Crippen LogP contribution in [0.25, 0.3) is 16.9 Å². The molecule has 0 radical (unpaired) electrons. The van der Waals surface area contributed by atoms with Crippen molar-refractivity contribution in [2.24, 2.45) is 0 Å². The molecule has 1 aromatic heterocycles. The van der Waals surface area contributed by atoms with E-state index in [4.69, 9.17) is 9.72 Å². The van der Waals surface area contributed by atoms with Gasteiger partial charge in [0.2, 0.25) is 0 Å². The van der Waals surface area contributed by atoms with Crippen molar-refractivity contribution in [3.8, 4) is 16.9 Å². The maximum Gasteiger partial charge on any atom is 0.316 e. The third kappa shape index (κ3) is 3.90. The first-order chi connectivity index (χ1) is 16.0. The lowest BCUT2D eigenvalue weighted by Gasteiger charge is -2.36. The van der Waals surface area contributed by atoms with Crippen molar-refractivity contribution in [3.63, 3.8) is 0 Å². The van der Waals surface area contributed by atoms with Gasteiger partial charge in [-0.3, -0.25) is 14.2 Å². The number of thioether (sulfide) groups is 1. The maximum absolute atomic E-state index is 14.3. The predicted octanol–water partition coefficient (Wildman–Crippen LogP) is 5.23. The first-order valence-corrected chi connectivity index (χ1v) is 12.6. The highest BCUT2D eigenvalue weighted by Crippen LogP contribution is 2.50. The largest absolute Gasteiger partial charge is 0.465 e. The summed E-state index contributed by atoms with van der Waals surface area (Å²) in [6.45, 7) is 4.14. The van der Waals surface area contributed by atoms with Crippen LogP contribution in [-0.2, 0) is 21.4 Å². The van der Waals surface area contributed by atoms with Crippen molar-refractivity contribution >= 4 is 17.7 Å². The molecule has 1 fully saturated rings. The molecule has 6 heteroatoms. The van der Waals surface area contributed by atoms with E-state index in [1.54, 1.807) is 11.5 Å². The third-order valence-corrected chi connectivity index (χ3v) is 7.74. The predicted molar refractivity (Wildman–Crippen MR) is 131 cm³/mol. The van der Waals surface area contributed by atoms with Crippen molar-refractivity contribution in [1.82, 2.24) is 9.55 Å². The van der Waals surface area contributed by atoms with Crippen LogP contribution in [0.1, 0.15) is 49.3 Å². The molecule has 170 valence electrons. The Kier molecular flexibility index (Phi) is 5.87. The lowest BCUT2D eigenvalue weighted by Crippen LogP contribution is -2.40. The minimum Gasteiger partial charge on any atom is -0.465 e. The summed E-state index contributed by atoms with van der Waals surface area (Å²) in [5, 5.41) is 0.530. The summed E-state index contributed by atoms with van der Waals surface area (Å²) >= 11 is 1.27. The molecule has 33 heavy (non-hydrogen) atoms. The highest BCUT2D eigenvalue weighted by Gasteiger charge is 2.44. The topological polar surface area (TPSA) is 61.2 Å². The van der Waals surface area contributed by atoms with Crippen LogP contribution in [0, 0.1) is 6.92 Å². The Hall–Kier alpha value is -2.86. The molecule has 5 rings (SSSR count). The molecule has 0 atom stereocenters. The Balaban J connectivity index is 1.76. The highest BCUT2D eigenvalue weighted by molar-refractivity contribution is 7.99. The Labute approximate surface area is 198 Å². The number of benzene rings is 2. The van der Waals surface area contributed by atoms with Gasteiger partial charge in [-0.25, -0.2) is 4.98 Å². The fraction of sp³-hybridized carbons (Fsp3) is 0.370. The van der Waals surface area contributed by atoms with E-state index in [0.717, 1.165) is 60.2 Å². The number of carbonyl (C=O) groups is 1. The second-order valence-corrected chi connectivity index (χ2v) is 9.96. The minimum atomic E-state index is -0.307. The smallest absolute Gasteiger partial charge is 0.316 e. The molecule has 5 nitrogen and oxygen atoms in total. The monoisotopic (exact) mass is 460 g/mol. The van der Waals surface area contributed by atoms with Gasteiger partial charge in [0.05, 0.1) is 29.3 Å². The van der Waals surface area contributed by atoms with Crippen LogP contribution in [0.5, 0.6) is 0 Å². The zero-order valence-electron chi connectivity index (χ0n) is 19.1. The summed E-state index contributed by atoms with van der Waals surface area (Å²) in [6, 6.07) is 16.2. The van der Waals surface area contributed by atoms with Gasteiger partial charge in [-0.1, -0.05) is 61.0 Å². The summed E-state index contributed by atoms with van der Waals surface area (Å²) in [4.78, 5) is 31.5. The van der Waals surface area contributed by atoms with Crippen LogP contribution >= 0.6 is 11.8 Å². The van der Waals surface area contributed by atoms with E-state index >= 15 is 0 Å². The first kappa shape index (κ1) is 22.0. The average Bonchev–Trinajstić information content (AvgIpc) is 3.26. The van der Waals surface area contributed by atoms with Crippen molar-refractivity contribution in [2.75, 3.05) is 12.4 Å². The van der Waals surface area contributed by atoms with Crippen LogP contribution in [0.3, 0.4) is 0 Å². The van der Waals surface area contributed by atoms with Gasteiger partial charge in [0.15, 0.2) is 5.16 Å². The molecule has 0 amide bonds. The molecule has 0 N–H and O–H groups in total. The van der Waals surface area contributed by atoms with Gasteiger partial charge in [-0.2, -0.15) is 0 Å². The number of rotatable bonds is 5. The molecule has 0 unspecified atom stereocenters. The molecule has 1 saturated carbocycles. The van der Waals surface area contributed by atoms with Crippen molar-refractivity contribution in [1.29, 1.82) is 0 Å². The van der Waals surface area contributed by atoms with Gasteiger partial charge in [-0.15, -0.1) is 0 Å². The number of nitrogens with zero attached hydrogens (tertiary/aromatic N) is 2. The normalized spacial score (nSPS) is 15.8. The van der Waals surface area contributed by atoms with E-state index in [9.17, 15) is 9.59 Å². The van der Waals surface area contributed by atoms with E-state index in [1.807, 2.05) is 37.3 Å². The third-order valence-electron chi connectivity index (χ3n) is 6.83. The average molecular weight is 461 g/mol. The summed E-state index contributed by atoms with van der Waals surface area (Å²) in [5.41, 5.74) is 5.62. The standard InChI is InChI=1S/C27H28N2O3S/c1-3-32-22(30)17-33-26-28-24-21-12-5-4-10-19(21)16-27(13-6-7-14-27)23(24)25(31)29(26)20-11-8-9-18(2)15-20/h4-5,8-12,15H,3,6-7,13-14,16-17H2,1-2H3. The fourth-order valence-electron chi connectivity index (χ4n) is 5.43. The van der Waals surface area contributed by atoms with Crippen molar-refractivity contribution in [3.05, 3.63) is 75.6 Å². The second kappa shape index (κ2) is 8.82. The molecule has 2 aromatic carbocycles. The van der Waals surface area contributed by atoms with Gasteiger partial charge in [0.1, 0.15) is 0 Å². The number of aromatic nitrogens is 2. The van der Waals surface area contributed by atoms with Crippen LogP contribution in [0.4, 0.5) is 0 Å². The Bertz CT molecular complexity index is 1270. The summed E-state index contributed by atoms with van der Waals surface area (Å²) in [6.07, 6.45) is 5.16. The molecular weight excluding hydrogens is 432 g/mol. The number of ether oxygens (including phenoxy) is 1. The highest BCUT2D eigenvalue weighted by atomic mass is 32.2. The van der Waals surface area contributed by atoms with Crippen molar-refractivity contribution < 1.29 is 9.53 Å². The van der Waals surface area contributed by atoms with E-state index in [1.165, 1.54) is 17.3 Å². The number of hydrogen-bond acceptors (Lipinski definition) is 5. The van der Waals surface area contributed by atoms with Gasteiger partial charge in [0.25, 0.3) is 5.56 Å². The number of carbonyl (C=O) groups excluding carboxylic acids is 1. The van der Waals surface area contributed by atoms with Gasteiger partial charge < -0.3 is 4.74 Å². The van der Waals surface area contributed by atoms with E-state index in [-0.39, 0.29) is 22.7 Å². The van der Waals surface area contributed by atoms with E-state index in [2.05, 4.69) is 18.2 Å². The molecule has 2 aliphatic carbocycles. The number of hydrogen-bond donors (Lipinski definition) is 0. The first-order valence-electron chi connectivity index (χ1n) is 11.6. The van der Waals surface area contributed by atoms with Gasteiger partial charge >= 0.3 is 5.97 Å². The summed E-state index contributed by atoms with van der Waals surface area (Å²) in [5.74, 6) is -0.199. The molecule has 2 aliphatic rings. The summed E-state index contributed by atoms with van der Waals surface area (Å²) in [7, 11) is 0. The Morgan fingerprint density at radius 2 is 1.94 bits per heavy atom. The van der Waals surface area contributed by atoms with Crippen molar-refractivity contribution in [2.45, 2.75) is 56.5 Å². The lowest BCUT2D eigenvalue weighted by atomic mass is 9.68. The van der Waals surface area contributed by atoms with E-state index in [0.29, 0.717) is 11.8 Å². The van der Waals surface area contributed by atoms with Crippen LogP contribution in [0.15, 0.2) is 58.5 Å². The zero-order chi connectivity index (χ0) is 23.0. The molecule has 1 spiro atoms. The van der Waals surface area contributed by atoms with Gasteiger partial charge in [-0.05, 0) is 56.4 Å². The molecular formula is C27H28N2O3S. The molecule has 0 aliphatic heterocycles. The summed E-state index contributed by atoms with van der Waals surface area (Å²) < 4.78 is 6.84. The molecule has 0 saturated heterocycles. The zero-order valence-corrected chi connectivity index (χ0v) is 19.9. The SMILES string of the molecule is CCOC(=O)CSc1nc2c(c(=O)n1-c1cccc(C)c1)C1(CCCC1)Cc1ccccc1-2. The fourth-order valence-corrected chi connectivity index (χ4v) is 6.23. The van der Waals surface area contributed by atoms with Gasteiger partial charge in [0, 0.05) is 11.0 Å². The molecule has 1 heterocycles. The van der Waals surface area contributed by atoms with Crippen LogP contribution in [0.2, 0.25) is 0 Å². The minimum absolute atomic E-state index is 0.00615. The lowest BCUT2D eigenvalue weighted by molar-refractivity contribution is -0.139. The number of esters is 1. The molecule has 3 aromatic rings.